The zero-order chi connectivity index (χ0) is 22.0. The molecule has 3 aromatic rings. The quantitative estimate of drug-likeness (QED) is 0.631. The monoisotopic (exact) mass is 422 g/mol. The van der Waals surface area contributed by atoms with E-state index in [9.17, 15) is 9.18 Å². The van der Waals surface area contributed by atoms with Crippen LogP contribution < -0.4 is 4.90 Å². The van der Waals surface area contributed by atoms with E-state index in [1.165, 1.54) is 12.1 Å². The molecule has 162 valence electrons. The number of anilines is 1. The molecule has 1 amide bonds. The molecule has 0 unspecified atom stereocenters. The highest BCUT2D eigenvalue weighted by molar-refractivity contribution is 5.76. The summed E-state index contributed by atoms with van der Waals surface area (Å²) in [5, 5.41) is 4.14. The topological polar surface area (TPSA) is 67.2 Å². The van der Waals surface area contributed by atoms with Gasteiger partial charge in [0.2, 0.25) is 11.9 Å². The minimum atomic E-state index is -0.262. The van der Waals surface area contributed by atoms with Gasteiger partial charge in [0.25, 0.3) is 0 Å². The van der Waals surface area contributed by atoms with Crippen LogP contribution in [0.3, 0.4) is 0 Å². The number of halogens is 1. The van der Waals surface area contributed by atoms with Crippen LogP contribution >= 0.6 is 0 Å². The van der Waals surface area contributed by atoms with Crippen molar-refractivity contribution < 1.29 is 9.18 Å². The van der Waals surface area contributed by atoms with Gasteiger partial charge < -0.3 is 9.80 Å². The number of rotatable bonds is 5. The zero-order valence-corrected chi connectivity index (χ0v) is 18.1. The van der Waals surface area contributed by atoms with Crippen molar-refractivity contribution in [3.8, 4) is 11.1 Å². The molecule has 1 aliphatic rings. The number of hydrogen-bond acceptors (Lipinski definition) is 5. The Hall–Kier alpha value is -3.29. The summed E-state index contributed by atoms with van der Waals surface area (Å²) in [4.78, 5) is 26.0. The lowest BCUT2D eigenvalue weighted by atomic mass is 9.88. The van der Waals surface area contributed by atoms with Gasteiger partial charge in [0.1, 0.15) is 12.4 Å². The summed E-state index contributed by atoms with van der Waals surface area (Å²) in [6.07, 6.45) is 7.12. The van der Waals surface area contributed by atoms with Crippen molar-refractivity contribution in [3.63, 3.8) is 0 Å². The van der Waals surface area contributed by atoms with Crippen LogP contribution in [0.15, 0.2) is 42.9 Å². The van der Waals surface area contributed by atoms with Crippen molar-refractivity contribution in [2.75, 3.05) is 32.1 Å². The van der Waals surface area contributed by atoms with Crippen molar-refractivity contribution in [2.45, 2.75) is 32.2 Å². The highest BCUT2D eigenvalue weighted by atomic mass is 19.1. The third kappa shape index (κ3) is 4.57. The lowest BCUT2D eigenvalue weighted by molar-refractivity contribution is -0.133. The van der Waals surface area contributed by atoms with Gasteiger partial charge in [0.15, 0.2) is 0 Å². The summed E-state index contributed by atoms with van der Waals surface area (Å²) in [7, 11) is 3.81. The van der Waals surface area contributed by atoms with Gasteiger partial charge in [-0.15, -0.1) is 0 Å². The van der Waals surface area contributed by atoms with Crippen LogP contribution in [-0.2, 0) is 11.3 Å². The van der Waals surface area contributed by atoms with Crippen molar-refractivity contribution in [1.82, 2.24) is 24.6 Å². The molecule has 1 fully saturated rings. The van der Waals surface area contributed by atoms with Gasteiger partial charge in [-0.3, -0.25) is 9.48 Å². The summed E-state index contributed by atoms with van der Waals surface area (Å²) in [6, 6.07) is 6.59. The molecule has 4 rings (SSSR count). The normalized spacial score (nSPS) is 16.4. The molecule has 3 heterocycles. The highest BCUT2D eigenvalue weighted by Gasteiger charge is 2.29. The Morgan fingerprint density at radius 2 is 2.13 bits per heavy atom. The first kappa shape index (κ1) is 21.0. The predicted molar refractivity (Wildman–Crippen MR) is 117 cm³/mol. The molecule has 7 nitrogen and oxygen atoms in total. The maximum atomic E-state index is 13.7. The lowest BCUT2D eigenvalue weighted by Gasteiger charge is -2.33. The minimum absolute atomic E-state index is 0.0507. The van der Waals surface area contributed by atoms with E-state index in [0.29, 0.717) is 12.5 Å². The largest absolute Gasteiger partial charge is 0.347 e. The van der Waals surface area contributed by atoms with E-state index >= 15 is 0 Å². The Morgan fingerprint density at radius 3 is 2.84 bits per heavy atom. The van der Waals surface area contributed by atoms with E-state index < -0.39 is 0 Å². The fourth-order valence-electron chi connectivity index (χ4n) is 4.11. The molecule has 0 N–H and O–H groups in total. The molecule has 0 saturated carbocycles. The summed E-state index contributed by atoms with van der Waals surface area (Å²) in [6.45, 7) is 3.45. The minimum Gasteiger partial charge on any atom is -0.347 e. The molecule has 1 aliphatic heterocycles. The van der Waals surface area contributed by atoms with Gasteiger partial charge in [-0.25, -0.2) is 14.4 Å². The molecule has 1 atom stereocenters. The van der Waals surface area contributed by atoms with Crippen molar-refractivity contribution >= 4 is 11.9 Å². The first-order valence-corrected chi connectivity index (χ1v) is 10.5. The zero-order valence-electron chi connectivity index (χ0n) is 18.1. The van der Waals surface area contributed by atoms with Crippen molar-refractivity contribution in [1.29, 1.82) is 0 Å². The van der Waals surface area contributed by atoms with E-state index in [1.54, 1.807) is 23.1 Å². The predicted octanol–water partition coefficient (Wildman–Crippen LogP) is 3.26. The second-order valence-corrected chi connectivity index (χ2v) is 8.21. The highest BCUT2D eigenvalue weighted by Crippen LogP contribution is 2.35. The number of amides is 1. The first-order chi connectivity index (χ1) is 14.9. The van der Waals surface area contributed by atoms with Gasteiger partial charge in [-0.05, 0) is 49.1 Å². The van der Waals surface area contributed by atoms with Gasteiger partial charge in [0.05, 0.1) is 5.69 Å². The van der Waals surface area contributed by atoms with Crippen LogP contribution in [0.5, 0.6) is 0 Å². The van der Waals surface area contributed by atoms with E-state index in [2.05, 4.69) is 10.1 Å². The number of nitrogens with zero attached hydrogens (tertiary/aromatic N) is 6. The molecule has 0 spiro atoms. The molecule has 0 radical (unpaired) electrons. The Bertz CT molecular complexity index is 1070. The number of likely N-dealkylation sites (tertiary alicyclic amines) is 1. The van der Waals surface area contributed by atoms with Crippen LogP contribution in [0.4, 0.5) is 10.3 Å². The molecule has 0 bridgehead atoms. The average Bonchev–Trinajstić information content (AvgIpc) is 3.26. The van der Waals surface area contributed by atoms with E-state index in [1.807, 2.05) is 43.1 Å². The van der Waals surface area contributed by atoms with Crippen LogP contribution in [-0.4, -0.2) is 57.7 Å². The SMILES string of the molecule is Cc1cc(F)ccc1-c1cnc(N(C)C)nc1[C@@H]1CCCN(C(=O)Cn2cccn2)C1. The van der Waals surface area contributed by atoms with Crippen LogP contribution in [0.25, 0.3) is 11.1 Å². The Labute approximate surface area is 181 Å². The van der Waals surface area contributed by atoms with Crippen LogP contribution in [0.2, 0.25) is 0 Å². The van der Waals surface area contributed by atoms with E-state index in [0.717, 1.165) is 41.8 Å². The fourth-order valence-corrected chi connectivity index (χ4v) is 4.11. The molecule has 2 aromatic heterocycles. The van der Waals surface area contributed by atoms with E-state index in [-0.39, 0.29) is 24.2 Å². The van der Waals surface area contributed by atoms with Crippen molar-refractivity contribution in [2.24, 2.45) is 0 Å². The number of hydrogen-bond donors (Lipinski definition) is 0. The maximum Gasteiger partial charge on any atom is 0.244 e. The maximum absolute atomic E-state index is 13.7. The Kier molecular flexibility index (Phi) is 5.97. The molecule has 8 heteroatoms. The van der Waals surface area contributed by atoms with Crippen LogP contribution in [0, 0.1) is 12.7 Å². The number of carbonyl (C=O) groups excluding carboxylic acids is 1. The second kappa shape index (κ2) is 8.83. The average molecular weight is 423 g/mol. The Balaban J connectivity index is 1.66. The van der Waals surface area contributed by atoms with Crippen molar-refractivity contribution in [3.05, 3.63) is 59.9 Å². The van der Waals surface area contributed by atoms with Crippen LogP contribution in [0.1, 0.15) is 30.0 Å². The molecular weight excluding hydrogens is 395 g/mol. The Morgan fingerprint density at radius 1 is 1.29 bits per heavy atom. The summed E-state index contributed by atoms with van der Waals surface area (Å²) < 4.78 is 15.3. The number of aryl methyl sites for hydroxylation is 1. The lowest BCUT2D eigenvalue weighted by Crippen LogP contribution is -2.41. The standard InChI is InChI=1S/C23H27FN6O/c1-16-12-18(24)7-8-19(16)20-13-25-23(28(2)3)27-22(20)17-6-4-10-29(14-17)21(31)15-30-11-5-9-26-30/h5,7-9,11-13,17H,4,6,10,14-15H2,1-3H3/t17-/m1/s1. The summed E-state index contributed by atoms with van der Waals surface area (Å²) >= 11 is 0. The van der Waals surface area contributed by atoms with E-state index in [4.69, 9.17) is 4.98 Å². The van der Waals surface area contributed by atoms with Gasteiger partial charge in [-0.1, -0.05) is 6.07 Å². The number of benzene rings is 1. The summed E-state index contributed by atoms with van der Waals surface area (Å²) in [5.74, 6) is 0.492. The number of carbonyl (C=O) groups is 1. The van der Waals surface area contributed by atoms with Gasteiger partial charge in [-0.2, -0.15) is 5.10 Å². The van der Waals surface area contributed by atoms with Gasteiger partial charge in [0, 0.05) is 57.3 Å². The number of piperidine rings is 1. The fraction of sp³-hybridized carbons (Fsp3) is 0.391. The molecule has 1 saturated heterocycles. The summed E-state index contributed by atoms with van der Waals surface area (Å²) in [5.41, 5.74) is 3.56. The third-order valence-corrected chi connectivity index (χ3v) is 5.70. The van der Waals surface area contributed by atoms with Gasteiger partial charge >= 0.3 is 0 Å². The first-order valence-electron chi connectivity index (χ1n) is 10.5. The molecule has 0 aliphatic carbocycles. The molecule has 31 heavy (non-hydrogen) atoms. The molecular formula is C23H27FN6O. The smallest absolute Gasteiger partial charge is 0.244 e. The molecule has 1 aromatic carbocycles. The number of aromatic nitrogens is 4. The third-order valence-electron chi connectivity index (χ3n) is 5.70. The second-order valence-electron chi connectivity index (χ2n) is 8.21.